The van der Waals surface area contributed by atoms with Crippen LogP contribution in [-0.2, 0) is 11.2 Å². The average Bonchev–Trinajstić information content (AvgIpc) is 2.45. The van der Waals surface area contributed by atoms with Gasteiger partial charge in [0, 0.05) is 18.7 Å². The fourth-order valence-corrected chi connectivity index (χ4v) is 1.49. The number of aryl methyl sites for hydroxylation is 1. The van der Waals surface area contributed by atoms with Gasteiger partial charge in [0.1, 0.15) is 5.82 Å². The summed E-state index contributed by atoms with van der Waals surface area (Å²) in [6.45, 7) is 1.49. The molecule has 0 aromatic carbocycles. The molecule has 0 bridgehead atoms. The van der Waals surface area contributed by atoms with Crippen LogP contribution in [0.1, 0.15) is 12.7 Å². The maximum atomic E-state index is 10.5. The van der Waals surface area contributed by atoms with Gasteiger partial charge in [0.25, 0.3) is 0 Å². The number of carboxylic acids is 1. The highest BCUT2D eigenvalue weighted by molar-refractivity contribution is 5.68. The number of pyridine rings is 1. The molecule has 0 aliphatic carbocycles. The highest BCUT2D eigenvalue weighted by atomic mass is 16.5. The normalized spacial score (nSPS) is 10.2. The first-order valence-corrected chi connectivity index (χ1v) is 5.83. The van der Waals surface area contributed by atoms with E-state index < -0.39 is 12.6 Å². The van der Waals surface area contributed by atoms with E-state index in [1.807, 2.05) is 25.1 Å². The minimum atomic E-state index is -1.05. The van der Waals surface area contributed by atoms with Gasteiger partial charge in [0.05, 0.1) is 11.4 Å². The van der Waals surface area contributed by atoms with E-state index in [0.717, 1.165) is 0 Å². The van der Waals surface area contributed by atoms with Crippen LogP contribution in [-0.4, -0.2) is 32.6 Å². The molecule has 2 aromatic rings. The van der Waals surface area contributed by atoms with Crippen LogP contribution in [0.15, 0.2) is 30.5 Å². The zero-order valence-electron chi connectivity index (χ0n) is 10.4. The topological polar surface area (TPSA) is 85.2 Å². The molecule has 0 aliphatic rings. The summed E-state index contributed by atoms with van der Waals surface area (Å²) < 4.78 is 5.09. The second kappa shape index (κ2) is 5.90. The third-order valence-electron chi connectivity index (χ3n) is 2.34. The van der Waals surface area contributed by atoms with Gasteiger partial charge in [-0.15, -0.1) is 0 Å². The van der Waals surface area contributed by atoms with Crippen molar-refractivity contribution in [3.63, 3.8) is 0 Å². The van der Waals surface area contributed by atoms with E-state index in [-0.39, 0.29) is 5.88 Å². The van der Waals surface area contributed by atoms with Crippen LogP contribution in [0.2, 0.25) is 0 Å². The first kappa shape index (κ1) is 12.9. The Kier molecular flexibility index (Phi) is 4.02. The standard InChI is InChI=1S/C13H13N3O3/c1-2-11-15-10(9-5-3-4-6-14-9)7-12(16-11)19-8-13(17)18/h3-7H,2,8H2,1H3,(H,17,18). The molecule has 2 aromatic heterocycles. The fourth-order valence-electron chi connectivity index (χ4n) is 1.49. The third kappa shape index (κ3) is 3.48. The Bertz CT molecular complexity index is 573. The average molecular weight is 259 g/mol. The first-order chi connectivity index (χ1) is 9.19. The molecule has 2 rings (SSSR count). The van der Waals surface area contributed by atoms with Crippen LogP contribution in [0.4, 0.5) is 0 Å². The number of aromatic nitrogens is 3. The van der Waals surface area contributed by atoms with Gasteiger partial charge in [0.15, 0.2) is 6.61 Å². The molecule has 6 heteroatoms. The molecule has 1 N–H and O–H groups in total. The van der Waals surface area contributed by atoms with Crippen molar-refractivity contribution in [3.8, 4) is 17.3 Å². The molecule has 0 radical (unpaired) electrons. The van der Waals surface area contributed by atoms with E-state index in [2.05, 4.69) is 15.0 Å². The zero-order chi connectivity index (χ0) is 13.7. The Hall–Kier alpha value is -2.50. The van der Waals surface area contributed by atoms with Crippen molar-refractivity contribution < 1.29 is 14.6 Å². The second-order valence-electron chi connectivity index (χ2n) is 3.76. The Morgan fingerprint density at radius 3 is 2.79 bits per heavy atom. The first-order valence-electron chi connectivity index (χ1n) is 5.83. The zero-order valence-corrected chi connectivity index (χ0v) is 10.4. The molecule has 0 spiro atoms. The van der Waals surface area contributed by atoms with Gasteiger partial charge in [-0.3, -0.25) is 4.98 Å². The van der Waals surface area contributed by atoms with Crippen molar-refractivity contribution in [1.29, 1.82) is 0 Å². The largest absolute Gasteiger partial charge is 0.479 e. The van der Waals surface area contributed by atoms with E-state index in [4.69, 9.17) is 9.84 Å². The van der Waals surface area contributed by atoms with Crippen LogP contribution in [0.3, 0.4) is 0 Å². The molecule has 0 atom stereocenters. The second-order valence-corrected chi connectivity index (χ2v) is 3.76. The summed E-state index contributed by atoms with van der Waals surface area (Å²) in [4.78, 5) is 23.2. The van der Waals surface area contributed by atoms with Gasteiger partial charge < -0.3 is 9.84 Å². The van der Waals surface area contributed by atoms with Crippen LogP contribution >= 0.6 is 0 Å². The lowest BCUT2D eigenvalue weighted by Gasteiger charge is -2.07. The molecule has 98 valence electrons. The predicted molar refractivity (Wildman–Crippen MR) is 67.8 cm³/mol. The monoisotopic (exact) mass is 259 g/mol. The number of hydrogen-bond donors (Lipinski definition) is 1. The van der Waals surface area contributed by atoms with Gasteiger partial charge >= 0.3 is 5.97 Å². The summed E-state index contributed by atoms with van der Waals surface area (Å²) in [5.41, 5.74) is 1.31. The van der Waals surface area contributed by atoms with Crippen LogP contribution in [0.5, 0.6) is 5.88 Å². The number of nitrogens with zero attached hydrogens (tertiary/aromatic N) is 3. The van der Waals surface area contributed by atoms with Crippen LogP contribution in [0, 0.1) is 0 Å². The van der Waals surface area contributed by atoms with Gasteiger partial charge in [0.2, 0.25) is 5.88 Å². The highest BCUT2D eigenvalue weighted by Gasteiger charge is 2.08. The number of aliphatic carboxylic acids is 1. The van der Waals surface area contributed by atoms with E-state index in [9.17, 15) is 4.79 Å². The smallest absolute Gasteiger partial charge is 0.341 e. The maximum Gasteiger partial charge on any atom is 0.341 e. The van der Waals surface area contributed by atoms with Crippen LogP contribution in [0.25, 0.3) is 11.4 Å². The molecule has 2 heterocycles. The molecule has 0 aliphatic heterocycles. The van der Waals surface area contributed by atoms with E-state index in [1.165, 1.54) is 0 Å². The summed E-state index contributed by atoms with van der Waals surface area (Å²) in [6, 6.07) is 7.08. The molecular formula is C13H13N3O3. The molecule has 6 nitrogen and oxygen atoms in total. The SMILES string of the molecule is CCc1nc(OCC(=O)O)cc(-c2ccccn2)n1. The summed E-state index contributed by atoms with van der Waals surface area (Å²) in [5.74, 6) is -0.213. The molecule has 0 unspecified atom stereocenters. The van der Waals surface area contributed by atoms with Gasteiger partial charge in [-0.1, -0.05) is 13.0 Å². The van der Waals surface area contributed by atoms with Crippen LogP contribution < -0.4 is 4.74 Å². The van der Waals surface area contributed by atoms with E-state index in [0.29, 0.717) is 23.6 Å². The Morgan fingerprint density at radius 1 is 1.32 bits per heavy atom. The van der Waals surface area contributed by atoms with E-state index in [1.54, 1.807) is 12.3 Å². The van der Waals surface area contributed by atoms with Gasteiger partial charge in [-0.25, -0.2) is 9.78 Å². The van der Waals surface area contributed by atoms with Crippen molar-refractivity contribution in [2.24, 2.45) is 0 Å². The summed E-state index contributed by atoms with van der Waals surface area (Å²) in [5, 5.41) is 8.61. The fraction of sp³-hybridized carbons (Fsp3) is 0.231. The minimum absolute atomic E-state index is 0.245. The lowest BCUT2D eigenvalue weighted by Crippen LogP contribution is -2.11. The number of hydrogen-bond acceptors (Lipinski definition) is 5. The van der Waals surface area contributed by atoms with Crippen molar-refractivity contribution in [3.05, 3.63) is 36.3 Å². The van der Waals surface area contributed by atoms with Gasteiger partial charge in [-0.05, 0) is 12.1 Å². The van der Waals surface area contributed by atoms with E-state index >= 15 is 0 Å². The molecular weight excluding hydrogens is 246 g/mol. The van der Waals surface area contributed by atoms with Crippen molar-refractivity contribution in [2.75, 3.05) is 6.61 Å². The predicted octanol–water partition coefficient (Wildman–Crippen LogP) is 1.56. The lowest BCUT2D eigenvalue weighted by atomic mass is 10.2. The lowest BCUT2D eigenvalue weighted by molar-refractivity contribution is -0.139. The Morgan fingerprint density at radius 2 is 2.16 bits per heavy atom. The third-order valence-corrected chi connectivity index (χ3v) is 2.34. The van der Waals surface area contributed by atoms with Gasteiger partial charge in [-0.2, -0.15) is 4.98 Å². The van der Waals surface area contributed by atoms with Crippen molar-refractivity contribution >= 4 is 5.97 Å². The molecule has 0 saturated carbocycles. The number of rotatable bonds is 5. The molecule has 0 amide bonds. The Labute approximate surface area is 110 Å². The quantitative estimate of drug-likeness (QED) is 0.877. The molecule has 0 saturated heterocycles. The highest BCUT2D eigenvalue weighted by Crippen LogP contribution is 2.19. The number of carboxylic acid groups (broad SMARTS) is 1. The number of carbonyl (C=O) groups is 1. The summed E-state index contributed by atoms with van der Waals surface area (Å²) >= 11 is 0. The van der Waals surface area contributed by atoms with Crippen molar-refractivity contribution in [2.45, 2.75) is 13.3 Å². The maximum absolute atomic E-state index is 10.5. The minimum Gasteiger partial charge on any atom is -0.479 e. The Balaban J connectivity index is 2.33. The van der Waals surface area contributed by atoms with Crippen molar-refractivity contribution in [1.82, 2.24) is 15.0 Å². The summed E-state index contributed by atoms with van der Waals surface area (Å²) in [6.07, 6.45) is 2.30. The summed E-state index contributed by atoms with van der Waals surface area (Å²) in [7, 11) is 0. The molecule has 0 fully saturated rings. The molecule has 19 heavy (non-hydrogen) atoms. The number of ether oxygens (including phenoxy) is 1.